The van der Waals surface area contributed by atoms with E-state index >= 15 is 0 Å². The Morgan fingerprint density at radius 3 is 2.30 bits per heavy atom. The topological polar surface area (TPSA) is 28.6 Å². The zero-order valence-electron chi connectivity index (χ0n) is 15.7. The fourth-order valence-corrected chi connectivity index (χ4v) is 3.35. The summed E-state index contributed by atoms with van der Waals surface area (Å²) in [5.74, 6) is 0. The van der Waals surface area contributed by atoms with E-state index in [9.17, 15) is 0 Å². The van der Waals surface area contributed by atoms with Crippen molar-refractivity contribution >= 4 is 8.32 Å². The molecule has 23 heavy (non-hydrogen) atoms. The highest BCUT2D eigenvalue weighted by Crippen LogP contribution is 2.36. The molecule has 1 aromatic heterocycles. The fraction of sp³-hybridized carbons (Fsp3) is 0.722. The van der Waals surface area contributed by atoms with E-state index in [2.05, 4.69) is 68.9 Å². The van der Waals surface area contributed by atoms with E-state index < -0.39 is 8.32 Å². The Kier molecular flexibility index (Phi) is 6.00. The van der Waals surface area contributed by atoms with Crippen LogP contribution in [0, 0.1) is 0 Å². The lowest BCUT2D eigenvalue weighted by Gasteiger charge is -2.36. The van der Waals surface area contributed by atoms with Gasteiger partial charge in [0.05, 0.1) is 18.0 Å². The van der Waals surface area contributed by atoms with Crippen LogP contribution in [-0.2, 0) is 17.6 Å². The summed E-state index contributed by atoms with van der Waals surface area (Å²) in [5.41, 5.74) is 2.22. The van der Waals surface area contributed by atoms with Gasteiger partial charge in [0, 0.05) is 32.7 Å². The molecule has 0 atom stereocenters. The average molecular weight is 336 g/mol. The molecular formula is C18H33N3OSi. The maximum absolute atomic E-state index is 6.30. The minimum Gasteiger partial charge on any atom is -0.411 e. The van der Waals surface area contributed by atoms with Crippen molar-refractivity contribution in [1.82, 2.24) is 14.8 Å². The first-order valence-corrected chi connectivity index (χ1v) is 11.6. The van der Waals surface area contributed by atoms with Gasteiger partial charge in [0.25, 0.3) is 0 Å². The van der Waals surface area contributed by atoms with Crippen molar-refractivity contribution in [3.63, 3.8) is 0 Å². The van der Waals surface area contributed by atoms with Crippen LogP contribution in [0.15, 0.2) is 18.2 Å². The Bertz CT molecular complexity index is 505. The van der Waals surface area contributed by atoms with Crippen molar-refractivity contribution in [3.8, 4) is 0 Å². The number of likely N-dealkylation sites (N-methyl/N-ethyl adjacent to an activating group) is 1. The lowest BCUT2D eigenvalue weighted by Crippen LogP contribution is -2.44. The van der Waals surface area contributed by atoms with Crippen LogP contribution in [0.5, 0.6) is 0 Å². The first kappa shape index (κ1) is 18.6. The van der Waals surface area contributed by atoms with Crippen LogP contribution < -0.4 is 0 Å². The molecule has 0 saturated carbocycles. The molecular weight excluding hydrogens is 302 g/mol. The number of hydrogen-bond acceptors (Lipinski definition) is 4. The van der Waals surface area contributed by atoms with Gasteiger partial charge in [0.15, 0.2) is 8.32 Å². The maximum Gasteiger partial charge on any atom is 0.192 e. The summed E-state index contributed by atoms with van der Waals surface area (Å²) in [4.78, 5) is 9.68. The van der Waals surface area contributed by atoms with Crippen LogP contribution in [0.4, 0.5) is 0 Å². The molecule has 1 fully saturated rings. The van der Waals surface area contributed by atoms with Gasteiger partial charge < -0.3 is 9.33 Å². The molecule has 0 unspecified atom stereocenters. The quantitative estimate of drug-likeness (QED) is 0.772. The highest BCUT2D eigenvalue weighted by Gasteiger charge is 2.37. The molecule has 0 N–H and O–H groups in total. The molecule has 2 heterocycles. The van der Waals surface area contributed by atoms with Crippen molar-refractivity contribution in [2.75, 3.05) is 33.2 Å². The molecule has 130 valence electrons. The largest absolute Gasteiger partial charge is 0.411 e. The molecule has 1 aromatic rings. The van der Waals surface area contributed by atoms with Crippen LogP contribution in [-0.4, -0.2) is 56.3 Å². The van der Waals surface area contributed by atoms with Gasteiger partial charge >= 0.3 is 0 Å². The second kappa shape index (κ2) is 7.43. The molecule has 0 radical (unpaired) electrons. The monoisotopic (exact) mass is 335 g/mol. The Morgan fingerprint density at radius 1 is 1.09 bits per heavy atom. The predicted molar refractivity (Wildman–Crippen MR) is 99.0 cm³/mol. The first-order valence-electron chi connectivity index (χ1n) is 8.67. The van der Waals surface area contributed by atoms with Crippen LogP contribution in [0.25, 0.3) is 0 Å². The molecule has 1 aliphatic rings. The van der Waals surface area contributed by atoms with Crippen molar-refractivity contribution in [3.05, 3.63) is 29.6 Å². The molecule has 5 heteroatoms. The molecule has 2 rings (SSSR count). The third-order valence-electron chi connectivity index (χ3n) is 5.23. The number of nitrogens with zero attached hydrogens (tertiary/aromatic N) is 3. The number of hydrogen-bond donors (Lipinski definition) is 0. The van der Waals surface area contributed by atoms with Crippen molar-refractivity contribution < 1.29 is 4.43 Å². The standard InChI is InChI=1S/C18H33N3OSi/c1-18(2,3)23(5,6)22-15-17-9-7-8-16(19-17)14-21-12-10-20(4)11-13-21/h7-9H,10-15H2,1-6H3. The normalized spacial score (nSPS) is 18.3. The summed E-state index contributed by atoms with van der Waals surface area (Å²) < 4.78 is 6.30. The maximum atomic E-state index is 6.30. The Morgan fingerprint density at radius 2 is 1.70 bits per heavy atom. The van der Waals surface area contributed by atoms with E-state index in [1.165, 1.54) is 0 Å². The summed E-state index contributed by atoms with van der Waals surface area (Å²) in [6.45, 7) is 17.5. The van der Waals surface area contributed by atoms with Gasteiger partial charge in [-0.3, -0.25) is 9.88 Å². The van der Waals surface area contributed by atoms with Gasteiger partial charge in [0.2, 0.25) is 0 Å². The number of rotatable bonds is 5. The van der Waals surface area contributed by atoms with Gasteiger partial charge in [-0.1, -0.05) is 26.8 Å². The van der Waals surface area contributed by atoms with E-state index in [-0.39, 0.29) is 5.04 Å². The fourth-order valence-electron chi connectivity index (χ4n) is 2.40. The Balaban J connectivity index is 1.92. The minimum absolute atomic E-state index is 0.241. The van der Waals surface area contributed by atoms with Gasteiger partial charge in [-0.05, 0) is 37.3 Å². The van der Waals surface area contributed by atoms with Gasteiger partial charge in [-0.15, -0.1) is 0 Å². The zero-order chi connectivity index (χ0) is 17.1. The van der Waals surface area contributed by atoms with Crippen LogP contribution in [0.2, 0.25) is 18.1 Å². The Labute approximate surface area is 143 Å². The van der Waals surface area contributed by atoms with E-state index in [0.717, 1.165) is 44.1 Å². The number of piperazine rings is 1. The molecule has 0 amide bonds. The summed E-state index contributed by atoms with van der Waals surface area (Å²) in [7, 11) is 0.478. The second-order valence-corrected chi connectivity index (χ2v) is 13.1. The summed E-state index contributed by atoms with van der Waals surface area (Å²) in [5, 5.41) is 0.241. The lowest BCUT2D eigenvalue weighted by molar-refractivity contribution is 0.146. The molecule has 0 spiro atoms. The smallest absolute Gasteiger partial charge is 0.192 e. The summed E-state index contributed by atoms with van der Waals surface area (Å²) >= 11 is 0. The molecule has 4 nitrogen and oxygen atoms in total. The van der Waals surface area contributed by atoms with Crippen LogP contribution >= 0.6 is 0 Å². The van der Waals surface area contributed by atoms with Crippen molar-refractivity contribution in [1.29, 1.82) is 0 Å². The lowest BCUT2D eigenvalue weighted by atomic mass is 10.2. The number of aromatic nitrogens is 1. The molecule has 1 aliphatic heterocycles. The third kappa shape index (κ3) is 5.38. The molecule has 1 saturated heterocycles. The van der Waals surface area contributed by atoms with Gasteiger partial charge in [0.1, 0.15) is 0 Å². The van der Waals surface area contributed by atoms with Crippen LogP contribution in [0.1, 0.15) is 32.2 Å². The van der Waals surface area contributed by atoms with Crippen molar-refractivity contribution in [2.45, 2.75) is 52.1 Å². The van der Waals surface area contributed by atoms with Gasteiger partial charge in [-0.25, -0.2) is 0 Å². The molecule has 0 aromatic carbocycles. The highest BCUT2D eigenvalue weighted by molar-refractivity contribution is 6.74. The summed E-state index contributed by atoms with van der Waals surface area (Å²) in [6.07, 6.45) is 0. The second-order valence-electron chi connectivity index (χ2n) is 8.25. The van der Waals surface area contributed by atoms with Gasteiger partial charge in [-0.2, -0.15) is 0 Å². The minimum atomic E-state index is -1.71. The van der Waals surface area contributed by atoms with E-state index in [0.29, 0.717) is 6.61 Å². The Hall–Kier alpha value is -0.753. The van der Waals surface area contributed by atoms with E-state index in [1.54, 1.807) is 0 Å². The summed E-state index contributed by atoms with van der Waals surface area (Å²) in [6, 6.07) is 6.33. The SMILES string of the molecule is CN1CCN(Cc2cccc(CO[Si](C)(C)C(C)(C)C)n2)CC1. The van der Waals surface area contributed by atoms with E-state index in [4.69, 9.17) is 9.41 Å². The highest BCUT2D eigenvalue weighted by atomic mass is 28.4. The van der Waals surface area contributed by atoms with Crippen LogP contribution in [0.3, 0.4) is 0 Å². The first-order chi connectivity index (χ1) is 10.7. The zero-order valence-corrected chi connectivity index (χ0v) is 16.7. The molecule has 0 bridgehead atoms. The molecule has 0 aliphatic carbocycles. The van der Waals surface area contributed by atoms with E-state index in [1.807, 2.05) is 0 Å². The number of pyridine rings is 1. The average Bonchev–Trinajstić information content (AvgIpc) is 2.47. The van der Waals surface area contributed by atoms with Crippen molar-refractivity contribution in [2.24, 2.45) is 0 Å². The predicted octanol–water partition coefficient (Wildman–Crippen LogP) is 3.35. The third-order valence-corrected chi connectivity index (χ3v) is 9.71.